The number of carbonyl (C=O) groups excluding carboxylic acids is 1. The van der Waals surface area contributed by atoms with Crippen LogP contribution in [0.4, 0.5) is 13.2 Å². The zero-order valence-electron chi connectivity index (χ0n) is 17.3. The molecule has 2 N–H and O–H groups in total. The Morgan fingerprint density at radius 2 is 1.87 bits per heavy atom. The molecular weight excluding hydrogens is 403 g/mol. The van der Waals surface area contributed by atoms with E-state index < -0.39 is 41.1 Å². The molecule has 1 aromatic rings. The van der Waals surface area contributed by atoms with Gasteiger partial charge in [0.25, 0.3) is 0 Å². The molecule has 1 aliphatic rings. The summed E-state index contributed by atoms with van der Waals surface area (Å²) in [7, 11) is 1.41. The van der Waals surface area contributed by atoms with Crippen LogP contribution >= 0.6 is 0 Å². The molecule has 1 heterocycles. The van der Waals surface area contributed by atoms with Crippen LogP contribution in [0.3, 0.4) is 0 Å². The number of aliphatic carboxylic acids is 1. The molecule has 1 aromatic carbocycles. The maximum Gasteiger partial charge on any atom is 0.416 e. The van der Waals surface area contributed by atoms with Crippen molar-refractivity contribution in [1.29, 1.82) is 0 Å². The highest BCUT2D eigenvalue weighted by atomic mass is 19.4. The Balaban J connectivity index is 2.79. The van der Waals surface area contributed by atoms with Crippen molar-refractivity contribution in [2.75, 3.05) is 20.3 Å². The summed E-state index contributed by atoms with van der Waals surface area (Å²) in [4.78, 5) is 25.4. The normalized spacial score (nSPS) is 24.4. The van der Waals surface area contributed by atoms with Gasteiger partial charge in [0.2, 0.25) is 0 Å². The fourth-order valence-electron chi connectivity index (χ4n) is 4.23. The zero-order valence-corrected chi connectivity index (χ0v) is 17.3. The molecule has 0 amide bonds. The first-order valence-corrected chi connectivity index (χ1v) is 9.55. The first-order chi connectivity index (χ1) is 14.0. The molecule has 1 aliphatic heterocycles. The second kappa shape index (κ2) is 9.07. The Morgan fingerprint density at radius 3 is 2.40 bits per heavy atom. The highest BCUT2D eigenvalue weighted by Gasteiger charge is 2.57. The number of carboxylic acids is 1. The fourth-order valence-corrected chi connectivity index (χ4v) is 4.23. The van der Waals surface area contributed by atoms with Crippen molar-refractivity contribution >= 4 is 11.9 Å². The van der Waals surface area contributed by atoms with Gasteiger partial charge in [0.05, 0.1) is 23.2 Å². The third kappa shape index (κ3) is 4.16. The molecule has 0 saturated heterocycles. The number of carbonyl (C=O) groups is 2. The van der Waals surface area contributed by atoms with Crippen molar-refractivity contribution in [2.45, 2.75) is 45.3 Å². The summed E-state index contributed by atoms with van der Waals surface area (Å²) in [6.45, 7) is 4.71. The number of methoxy groups -OCH3 is 1. The van der Waals surface area contributed by atoms with Crippen LogP contribution in [0.5, 0.6) is 0 Å². The Bertz CT molecular complexity index is 836. The first-order valence-electron chi connectivity index (χ1n) is 9.55. The molecule has 3 unspecified atom stereocenters. The van der Waals surface area contributed by atoms with E-state index in [1.54, 1.807) is 13.8 Å². The Kier molecular flexibility index (Phi) is 7.18. The molecule has 0 aromatic heterocycles. The molecule has 0 aliphatic carbocycles. The number of hydrogen-bond acceptors (Lipinski definition) is 5. The summed E-state index contributed by atoms with van der Waals surface area (Å²) in [5, 5.41) is 13.1. The van der Waals surface area contributed by atoms with E-state index in [2.05, 4.69) is 5.32 Å². The van der Waals surface area contributed by atoms with Crippen LogP contribution in [0.2, 0.25) is 0 Å². The summed E-state index contributed by atoms with van der Waals surface area (Å²) in [6, 6.07) is 4.03. The maximum atomic E-state index is 13.8. The lowest BCUT2D eigenvalue weighted by atomic mass is 9.60. The quantitative estimate of drug-likeness (QED) is 0.508. The standard InChI is InChI=1S/C21H26F3NO5/c1-5-20(19(27)28)13(3)25-12(2)16(18(26)30-11-10-29-4)17(20)14-8-6-7-9-15(14)21(22,23)24/h6-9,13,17,25H,5,10-11H2,1-4H3,(H,27,28). The lowest BCUT2D eigenvalue weighted by molar-refractivity contribution is -0.155. The number of alkyl halides is 3. The van der Waals surface area contributed by atoms with Gasteiger partial charge in [-0.15, -0.1) is 0 Å². The molecule has 0 radical (unpaired) electrons. The van der Waals surface area contributed by atoms with Crippen molar-refractivity contribution < 1.29 is 37.3 Å². The van der Waals surface area contributed by atoms with Gasteiger partial charge >= 0.3 is 18.1 Å². The van der Waals surface area contributed by atoms with E-state index in [1.807, 2.05) is 0 Å². The molecule has 30 heavy (non-hydrogen) atoms. The predicted octanol–water partition coefficient (Wildman–Crippen LogP) is 3.73. The van der Waals surface area contributed by atoms with Crippen LogP contribution in [0, 0.1) is 5.41 Å². The highest BCUT2D eigenvalue weighted by Crippen LogP contribution is 2.52. The van der Waals surface area contributed by atoms with Gasteiger partial charge in [0, 0.05) is 24.8 Å². The van der Waals surface area contributed by atoms with E-state index in [-0.39, 0.29) is 36.5 Å². The van der Waals surface area contributed by atoms with Crippen LogP contribution in [-0.2, 0) is 25.2 Å². The first kappa shape index (κ1) is 23.7. The smallest absolute Gasteiger partial charge is 0.416 e. The number of rotatable bonds is 7. The number of halogens is 3. The lowest BCUT2D eigenvalue weighted by Crippen LogP contribution is -2.56. The van der Waals surface area contributed by atoms with Gasteiger partial charge in [-0.25, -0.2) is 4.79 Å². The van der Waals surface area contributed by atoms with Crippen molar-refractivity contribution in [3.8, 4) is 0 Å². The molecule has 6 nitrogen and oxygen atoms in total. The van der Waals surface area contributed by atoms with E-state index in [0.717, 1.165) is 6.07 Å². The van der Waals surface area contributed by atoms with Gasteiger partial charge in [-0.2, -0.15) is 13.2 Å². The number of esters is 1. The molecule has 166 valence electrons. The number of ether oxygens (including phenoxy) is 2. The molecule has 0 saturated carbocycles. The van der Waals surface area contributed by atoms with Gasteiger partial charge in [-0.3, -0.25) is 4.79 Å². The second-order valence-electron chi connectivity index (χ2n) is 7.25. The fraction of sp³-hybridized carbons (Fsp3) is 0.524. The molecule has 0 fully saturated rings. The SMILES string of the molecule is CCC1(C(=O)O)C(C)NC(C)=C(C(=O)OCCOC)C1c1ccccc1C(F)(F)F. The maximum absolute atomic E-state index is 13.8. The van der Waals surface area contributed by atoms with Crippen LogP contribution in [0.25, 0.3) is 0 Å². The number of hydrogen-bond donors (Lipinski definition) is 2. The van der Waals surface area contributed by atoms with E-state index in [0.29, 0.717) is 0 Å². The van der Waals surface area contributed by atoms with E-state index in [1.165, 1.54) is 32.2 Å². The van der Waals surface area contributed by atoms with E-state index in [4.69, 9.17) is 9.47 Å². The minimum Gasteiger partial charge on any atom is -0.481 e. The van der Waals surface area contributed by atoms with Gasteiger partial charge in [-0.05, 0) is 31.9 Å². The molecule has 2 rings (SSSR count). The molecular formula is C21H26F3NO5. The monoisotopic (exact) mass is 429 g/mol. The molecule has 9 heteroatoms. The topological polar surface area (TPSA) is 84.9 Å². The van der Waals surface area contributed by atoms with Crippen molar-refractivity contribution in [1.82, 2.24) is 5.32 Å². The summed E-state index contributed by atoms with van der Waals surface area (Å²) in [5.74, 6) is -3.52. The largest absolute Gasteiger partial charge is 0.481 e. The van der Waals surface area contributed by atoms with Crippen molar-refractivity contribution in [3.63, 3.8) is 0 Å². The summed E-state index contributed by atoms with van der Waals surface area (Å²) >= 11 is 0. The minimum atomic E-state index is -4.72. The van der Waals surface area contributed by atoms with Crippen LogP contribution in [0.15, 0.2) is 35.5 Å². The molecule has 0 bridgehead atoms. The third-order valence-electron chi connectivity index (χ3n) is 5.71. The predicted molar refractivity (Wildman–Crippen MR) is 103 cm³/mol. The summed E-state index contributed by atoms with van der Waals surface area (Å²) in [6.07, 6.45) is -4.73. The number of carboxylic acid groups (broad SMARTS) is 1. The van der Waals surface area contributed by atoms with Gasteiger partial charge in [-0.1, -0.05) is 25.1 Å². The number of benzene rings is 1. The number of allylic oxidation sites excluding steroid dienone is 1. The minimum absolute atomic E-state index is 0.00447. The van der Waals surface area contributed by atoms with Gasteiger partial charge < -0.3 is 19.9 Å². The zero-order chi connectivity index (χ0) is 22.7. The van der Waals surface area contributed by atoms with Crippen molar-refractivity contribution in [2.24, 2.45) is 5.41 Å². The Morgan fingerprint density at radius 1 is 1.23 bits per heavy atom. The van der Waals surface area contributed by atoms with Crippen LogP contribution < -0.4 is 5.32 Å². The lowest BCUT2D eigenvalue weighted by Gasteiger charge is -2.47. The van der Waals surface area contributed by atoms with Crippen LogP contribution in [0.1, 0.15) is 44.2 Å². The second-order valence-corrected chi connectivity index (χ2v) is 7.25. The van der Waals surface area contributed by atoms with Gasteiger partial charge in [0.1, 0.15) is 6.61 Å². The Labute approximate surface area is 173 Å². The number of nitrogens with one attached hydrogen (secondary N) is 1. The summed E-state index contributed by atoms with van der Waals surface area (Å²) < 4.78 is 51.5. The average Bonchev–Trinajstić information content (AvgIpc) is 2.66. The molecule has 3 atom stereocenters. The van der Waals surface area contributed by atoms with Crippen molar-refractivity contribution in [3.05, 3.63) is 46.7 Å². The third-order valence-corrected chi connectivity index (χ3v) is 5.71. The molecule has 0 spiro atoms. The highest BCUT2D eigenvalue weighted by molar-refractivity contribution is 5.94. The van der Waals surface area contributed by atoms with Crippen LogP contribution in [-0.4, -0.2) is 43.4 Å². The summed E-state index contributed by atoms with van der Waals surface area (Å²) in [5.41, 5.74) is -2.77. The van der Waals surface area contributed by atoms with E-state index in [9.17, 15) is 27.9 Å². The average molecular weight is 429 g/mol. The van der Waals surface area contributed by atoms with Gasteiger partial charge in [0.15, 0.2) is 0 Å². The Hall–Kier alpha value is -2.55. The van der Waals surface area contributed by atoms with E-state index >= 15 is 0 Å².